The summed E-state index contributed by atoms with van der Waals surface area (Å²) in [7, 11) is 8.12. The van der Waals surface area contributed by atoms with Crippen LogP contribution in [0, 0.1) is 12.8 Å². The molecule has 0 radical (unpaired) electrons. The quantitative estimate of drug-likeness (QED) is 0.432. The zero-order valence-electron chi connectivity index (χ0n) is 13.0. The third-order valence-corrected chi connectivity index (χ3v) is 3.52. The van der Waals surface area contributed by atoms with E-state index in [4.69, 9.17) is 4.99 Å². The molecular weight excluding hydrogens is 367 g/mol. The number of rotatable bonds is 2. The first-order valence-corrected chi connectivity index (χ1v) is 6.76. The SMILES string of the molecule is Cc1nnc2n1CC(CN=C(N(C)C)N(C)C)CC2.I. The van der Waals surface area contributed by atoms with Crippen LogP contribution < -0.4 is 0 Å². The van der Waals surface area contributed by atoms with Gasteiger partial charge in [0.1, 0.15) is 11.6 Å². The minimum absolute atomic E-state index is 0. The molecule has 0 fully saturated rings. The first-order valence-electron chi connectivity index (χ1n) is 6.76. The normalized spacial score (nSPS) is 16.9. The van der Waals surface area contributed by atoms with Gasteiger partial charge in [-0.2, -0.15) is 0 Å². The number of fused-ring (bicyclic) bond motifs is 1. The summed E-state index contributed by atoms with van der Waals surface area (Å²) in [6, 6.07) is 0. The molecule has 0 aromatic carbocycles. The molecule has 114 valence electrons. The Morgan fingerprint density at radius 1 is 1.25 bits per heavy atom. The molecule has 1 aliphatic heterocycles. The number of aryl methyl sites for hydroxylation is 2. The molecule has 0 N–H and O–H groups in total. The summed E-state index contributed by atoms with van der Waals surface area (Å²) in [6.07, 6.45) is 2.16. The molecule has 2 rings (SSSR count). The van der Waals surface area contributed by atoms with Crippen LogP contribution in [0.4, 0.5) is 0 Å². The Morgan fingerprint density at radius 3 is 2.50 bits per heavy atom. The molecule has 0 aliphatic carbocycles. The predicted octanol–water partition coefficient (Wildman–Crippen LogP) is 1.25. The Labute approximate surface area is 138 Å². The zero-order chi connectivity index (χ0) is 14.0. The third kappa shape index (κ3) is 3.83. The molecule has 1 aliphatic rings. The number of nitrogens with zero attached hydrogens (tertiary/aromatic N) is 6. The molecule has 0 saturated heterocycles. The van der Waals surface area contributed by atoms with Crippen molar-refractivity contribution in [2.75, 3.05) is 34.7 Å². The molecule has 1 atom stereocenters. The van der Waals surface area contributed by atoms with Gasteiger partial charge in [0.05, 0.1) is 0 Å². The van der Waals surface area contributed by atoms with Crippen LogP contribution in [0.2, 0.25) is 0 Å². The minimum atomic E-state index is 0. The van der Waals surface area contributed by atoms with Gasteiger partial charge >= 0.3 is 0 Å². The summed E-state index contributed by atoms with van der Waals surface area (Å²) in [4.78, 5) is 8.86. The van der Waals surface area contributed by atoms with Crippen LogP contribution in [0.15, 0.2) is 4.99 Å². The van der Waals surface area contributed by atoms with Gasteiger partial charge < -0.3 is 14.4 Å². The van der Waals surface area contributed by atoms with Crippen molar-refractivity contribution in [2.24, 2.45) is 10.9 Å². The van der Waals surface area contributed by atoms with Crippen LogP contribution in [0.5, 0.6) is 0 Å². The van der Waals surface area contributed by atoms with Crippen LogP contribution in [0.3, 0.4) is 0 Å². The van der Waals surface area contributed by atoms with Gasteiger partial charge in [-0.3, -0.25) is 4.99 Å². The molecule has 6 nitrogen and oxygen atoms in total. The lowest BCUT2D eigenvalue weighted by Crippen LogP contribution is -2.36. The van der Waals surface area contributed by atoms with Gasteiger partial charge in [-0.05, 0) is 19.3 Å². The van der Waals surface area contributed by atoms with E-state index in [1.807, 2.05) is 35.1 Å². The van der Waals surface area contributed by atoms with E-state index in [0.717, 1.165) is 43.5 Å². The molecule has 0 saturated carbocycles. The summed E-state index contributed by atoms with van der Waals surface area (Å²) >= 11 is 0. The van der Waals surface area contributed by atoms with Crippen molar-refractivity contribution in [3.8, 4) is 0 Å². The maximum Gasteiger partial charge on any atom is 0.195 e. The van der Waals surface area contributed by atoms with Gasteiger partial charge in [-0.15, -0.1) is 34.2 Å². The highest BCUT2D eigenvalue weighted by Crippen LogP contribution is 2.20. The maximum atomic E-state index is 4.75. The van der Waals surface area contributed by atoms with E-state index in [0.29, 0.717) is 5.92 Å². The fourth-order valence-corrected chi connectivity index (χ4v) is 2.57. The number of hydrogen-bond donors (Lipinski definition) is 0. The lowest BCUT2D eigenvalue weighted by atomic mass is 9.99. The zero-order valence-corrected chi connectivity index (χ0v) is 15.3. The first-order chi connectivity index (χ1) is 8.99. The van der Waals surface area contributed by atoms with Crippen LogP contribution in [-0.2, 0) is 13.0 Å². The van der Waals surface area contributed by atoms with Crippen molar-refractivity contribution >= 4 is 29.9 Å². The average Bonchev–Trinajstić information content (AvgIpc) is 2.70. The highest BCUT2D eigenvalue weighted by molar-refractivity contribution is 14.0. The van der Waals surface area contributed by atoms with Crippen molar-refractivity contribution in [3.05, 3.63) is 11.6 Å². The maximum absolute atomic E-state index is 4.75. The monoisotopic (exact) mass is 392 g/mol. The molecule has 2 heterocycles. The van der Waals surface area contributed by atoms with E-state index in [9.17, 15) is 0 Å². The van der Waals surface area contributed by atoms with E-state index in [1.165, 1.54) is 0 Å². The molecule has 0 spiro atoms. The molecular formula is C13H25IN6. The van der Waals surface area contributed by atoms with Gasteiger partial charge in [0.25, 0.3) is 0 Å². The van der Waals surface area contributed by atoms with E-state index in [2.05, 4.69) is 24.6 Å². The average molecular weight is 392 g/mol. The second-order valence-corrected chi connectivity index (χ2v) is 5.61. The second kappa shape index (κ2) is 7.24. The summed E-state index contributed by atoms with van der Waals surface area (Å²) in [5.41, 5.74) is 0. The summed E-state index contributed by atoms with van der Waals surface area (Å²) in [6.45, 7) is 3.88. The Bertz CT molecular complexity index is 455. The molecule has 1 aromatic rings. The number of halogens is 1. The molecule has 1 aromatic heterocycles. The van der Waals surface area contributed by atoms with Crippen LogP contribution in [-0.4, -0.2) is 65.3 Å². The highest BCUT2D eigenvalue weighted by atomic mass is 127. The molecule has 20 heavy (non-hydrogen) atoms. The van der Waals surface area contributed by atoms with E-state index in [-0.39, 0.29) is 24.0 Å². The molecule has 0 amide bonds. The topological polar surface area (TPSA) is 49.6 Å². The Kier molecular flexibility index (Phi) is 6.22. The lowest BCUT2D eigenvalue weighted by molar-refractivity contribution is 0.365. The standard InChI is InChI=1S/C13H24N6.HI/c1-10-15-16-12-7-6-11(9-19(10)12)8-14-13(17(2)3)18(4)5;/h11H,6-9H2,1-5H3;1H. The van der Waals surface area contributed by atoms with E-state index >= 15 is 0 Å². The lowest BCUT2D eigenvalue weighted by Gasteiger charge is -2.26. The minimum Gasteiger partial charge on any atom is -0.349 e. The summed E-state index contributed by atoms with van der Waals surface area (Å²) in [5, 5.41) is 8.35. The van der Waals surface area contributed by atoms with Crippen LogP contribution in [0.25, 0.3) is 0 Å². The summed E-state index contributed by atoms with van der Waals surface area (Å²) < 4.78 is 2.23. The third-order valence-electron chi connectivity index (χ3n) is 3.52. The van der Waals surface area contributed by atoms with Crippen LogP contribution in [0.1, 0.15) is 18.1 Å². The Hall–Kier alpha value is -0.860. The predicted molar refractivity (Wildman–Crippen MR) is 91.7 cm³/mol. The number of hydrogen-bond acceptors (Lipinski definition) is 3. The van der Waals surface area contributed by atoms with E-state index in [1.54, 1.807) is 0 Å². The number of aromatic nitrogens is 3. The first kappa shape index (κ1) is 17.2. The summed E-state index contributed by atoms with van der Waals surface area (Å²) in [5.74, 6) is 3.74. The van der Waals surface area contributed by atoms with Crippen LogP contribution >= 0.6 is 24.0 Å². The van der Waals surface area contributed by atoms with Gasteiger partial charge in [0, 0.05) is 47.7 Å². The van der Waals surface area contributed by atoms with Gasteiger partial charge in [0.15, 0.2) is 5.96 Å². The van der Waals surface area contributed by atoms with Crippen molar-refractivity contribution in [1.82, 2.24) is 24.6 Å². The Balaban J connectivity index is 0.00000200. The second-order valence-electron chi connectivity index (χ2n) is 5.61. The molecule has 7 heteroatoms. The van der Waals surface area contributed by atoms with Crippen molar-refractivity contribution in [1.29, 1.82) is 0 Å². The van der Waals surface area contributed by atoms with E-state index < -0.39 is 0 Å². The Morgan fingerprint density at radius 2 is 1.90 bits per heavy atom. The molecule has 1 unspecified atom stereocenters. The van der Waals surface area contributed by atoms with Gasteiger partial charge in [0.2, 0.25) is 0 Å². The number of aliphatic imine (C=N–C) groups is 1. The fraction of sp³-hybridized carbons (Fsp3) is 0.769. The molecule has 0 bridgehead atoms. The van der Waals surface area contributed by atoms with Crippen molar-refractivity contribution in [3.63, 3.8) is 0 Å². The largest absolute Gasteiger partial charge is 0.349 e. The van der Waals surface area contributed by atoms with Crippen molar-refractivity contribution < 1.29 is 0 Å². The van der Waals surface area contributed by atoms with Gasteiger partial charge in [-0.25, -0.2) is 0 Å². The highest BCUT2D eigenvalue weighted by Gasteiger charge is 2.21. The van der Waals surface area contributed by atoms with Crippen molar-refractivity contribution in [2.45, 2.75) is 26.3 Å². The fourth-order valence-electron chi connectivity index (χ4n) is 2.57. The number of guanidine groups is 1. The van der Waals surface area contributed by atoms with Gasteiger partial charge in [-0.1, -0.05) is 0 Å². The smallest absolute Gasteiger partial charge is 0.195 e.